The molecule has 0 spiro atoms. The highest BCUT2D eigenvalue weighted by Gasteiger charge is 2.14. The van der Waals surface area contributed by atoms with Crippen LogP contribution in [0, 0.1) is 34.1 Å². The number of carbonyl (C=O) groups excluding carboxylic acids is 2. The van der Waals surface area contributed by atoms with Crippen molar-refractivity contribution in [1.82, 2.24) is 0 Å². The van der Waals surface area contributed by atoms with Gasteiger partial charge in [0.25, 0.3) is 11.4 Å². The van der Waals surface area contributed by atoms with Crippen LogP contribution in [-0.4, -0.2) is 21.7 Å². The number of hydrogen-bond acceptors (Lipinski definition) is 6. The Morgan fingerprint density at radius 3 is 1.52 bits per heavy atom. The van der Waals surface area contributed by atoms with Crippen LogP contribution < -0.4 is 10.6 Å². The molecule has 0 saturated heterocycles. The molecule has 2 aromatic carbocycles. The fraction of sp³-hybridized carbons (Fsp3) is 0.263. The summed E-state index contributed by atoms with van der Waals surface area (Å²) in [6, 6.07) is 8.78. The molecule has 152 valence electrons. The fourth-order valence-electron chi connectivity index (χ4n) is 2.62. The largest absolute Gasteiger partial charge is 0.326 e. The summed E-state index contributed by atoms with van der Waals surface area (Å²) in [5, 5.41) is 27.0. The first-order valence-electron chi connectivity index (χ1n) is 8.77. The highest BCUT2D eigenvalue weighted by molar-refractivity contribution is 5.93. The van der Waals surface area contributed by atoms with Crippen LogP contribution in [0.4, 0.5) is 22.7 Å². The Bertz CT molecular complexity index is 896. The van der Waals surface area contributed by atoms with Crippen LogP contribution in [0.3, 0.4) is 0 Å². The van der Waals surface area contributed by atoms with Gasteiger partial charge in [-0.3, -0.25) is 29.8 Å². The van der Waals surface area contributed by atoms with E-state index >= 15 is 0 Å². The Hall–Kier alpha value is -3.82. The number of carbonyl (C=O) groups is 2. The van der Waals surface area contributed by atoms with Crippen LogP contribution in [0.2, 0.25) is 0 Å². The number of anilines is 2. The zero-order chi connectivity index (χ0) is 21.6. The number of nitro groups is 2. The zero-order valence-electron chi connectivity index (χ0n) is 15.9. The van der Waals surface area contributed by atoms with Crippen molar-refractivity contribution >= 4 is 34.6 Å². The van der Waals surface area contributed by atoms with E-state index in [1.807, 2.05) is 0 Å². The van der Waals surface area contributed by atoms with Crippen molar-refractivity contribution in [2.75, 3.05) is 10.6 Å². The van der Waals surface area contributed by atoms with Gasteiger partial charge in [-0.05, 0) is 32.4 Å². The molecule has 0 unspecified atom stereocenters. The topological polar surface area (TPSA) is 144 Å². The molecule has 0 aliphatic heterocycles. The molecule has 0 radical (unpaired) electrons. The number of nitrogens with one attached hydrogen (secondary N) is 2. The molecular weight excluding hydrogens is 380 g/mol. The average molecular weight is 400 g/mol. The maximum absolute atomic E-state index is 12.0. The quantitative estimate of drug-likeness (QED) is 0.508. The standard InChI is InChI=1S/C19H20N4O6/c1-12-6-8-14(10-16(12)22(26)27)20-18(24)4-3-5-19(25)21-15-9-7-13(2)17(11-15)23(28)29/h6-11H,3-5H2,1-2H3,(H,20,24)(H,21,25). The van der Waals surface area contributed by atoms with Gasteiger partial charge in [0.05, 0.1) is 9.85 Å². The van der Waals surface area contributed by atoms with Crippen LogP contribution in [0.1, 0.15) is 30.4 Å². The summed E-state index contributed by atoms with van der Waals surface area (Å²) >= 11 is 0. The number of amides is 2. The average Bonchev–Trinajstić information content (AvgIpc) is 2.64. The number of rotatable bonds is 8. The second-order valence-electron chi connectivity index (χ2n) is 6.47. The van der Waals surface area contributed by atoms with Crippen molar-refractivity contribution in [3.63, 3.8) is 0 Å². The number of aryl methyl sites for hydroxylation is 2. The SMILES string of the molecule is Cc1ccc(NC(=O)CCCC(=O)Nc2ccc(C)c([N+](=O)[O-])c2)cc1[N+](=O)[O-]. The molecule has 2 aromatic rings. The number of nitrogens with zero attached hydrogens (tertiary/aromatic N) is 2. The molecule has 2 rings (SSSR count). The summed E-state index contributed by atoms with van der Waals surface area (Å²) in [5.41, 5.74) is 1.41. The lowest BCUT2D eigenvalue weighted by Crippen LogP contribution is -2.15. The van der Waals surface area contributed by atoms with Crippen molar-refractivity contribution in [3.8, 4) is 0 Å². The molecule has 0 aliphatic rings. The molecule has 2 N–H and O–H groups in total. The van der Waals surface area contributed by atoms with Gasteiger partial charge in [-0.15, -0.1) is 0 Å². The lowest BCUT2D eigenvalue weighted by atomic mass is 10.1. The molecule has 2 amide bonds. The first-order chi connectivity index (χ1) is 13.7. The van der Waals surface area contributed by atoms with E-state index in [9.17, 15) is 29.8 Å². The van der Waals surface area contributed by atoms with Gasteiger partial charge in [0.2, 0.25) is 11.8 Å². The van der Waals surface area contributed by atoms with Crippen LogP contribution >= 0.6 is 0 Å². The van der Waals surface area contributed by atoms with Crippen LogP contribution in [0.15, 0.2) is 36.4 Å². The highest BCUT2D eigenvalue weighted by Crippen LogP contribution is 2.23. The van der Waals surface area contributed by atoms with E-state index < -0.39 is 9.85 Å². The lowest BCUT2D eigenvalue weighted by Gasteiger charge is -2.07. The lowest BCUT2D eigenvalue weighted by molar-refractivity contribution is -0.385. The molecule has 0 bridgehead atoms. The van der Waals surface area contributed by atoms with E-state index in [4.69, 9.17) is 0 Å². The van der Waals surface area contributed by atoms with E-state index in [1.54, 1.807) is 38.1 Å². The molecule has 0 aromatic heterocycles. The minimum atomic E-state index is -0.523. The van der Waals surface area contributed by atoms with Crippen molar-refractivity contribution in [2.45, 2.75) is 33.1 Å². The Kier molecular flexibility index (Phi) is 6.96. The maximum Gasteiger partial charge on any atom is 0.274 e. The van der Waals surface area contributed by atoms with Gasteiger partial charge in [0, 0.05) is 47.5 Å². The van der Waals surface area contributed by atoms with Gasteiger partial charge in [0.15, 0.2) is 0 Å². The summed E-state index contributed by atoms with van der Waals surface area (Å²) in [7, 11) is 0. The predicted octanol–water partition coefficient (Wildman–Crippen LogP) is 3.87. The molecule has 0 atom stereocenters. The molecule has 0 saturated carbocycles. The van der Waals surface area contributed by atoms with Crippen LogP contribution in [0.25, 0.3) is 0 Å². The number of nitro benzene ring substituents is 2. The summed E-state index contributed by atoms with van der Waals surface area (Å²) in [5.74, 6) is -0.746. The van der Waals surface area contributed by atoms with Gasteiger partial charge in [0.1, 0.15) is 0 Å². The highest BCUT2D eigenvalue weighted by atomic mass is 16.6. The molecule has 0 fully saturated rings. The Morgan fingerprint density at radius 1 is 0.793 bits per heavy atom. The Labute approximate surface area is 166 Å². The maximum atomic E-state index is 12.0. The molecule has 10 nitrogen and oxygen atoms in total. The zero-order valence-corrected chi connectivity index (χ0v) is 15.9. The number of hydrogen-bond donors (Lipinski definition) is 2. The van der Waals surface area contributed by atoms with Crippen molar-refractivity contribution in [2.24, 2.45) is 0 Å². The predicted molar refractivity (Wildman–Crippen MR) is 107 cm³/mol. The summed E-state index contributed by atoms with van der Waals surface area (Å²) < 4.78 is 0. The van der Waals surface area contributed by atoms with Gasteiger partial charge >= 0.3 is 0 Å². The molecule has 10 heteroatoms. The van der Waals surface area contributed by atoms with E-state index in [1.165, 1.54) is 12.1 Å². The van der Waals surface area contributed by atoms with E-state index in [2.05, 4.69) is 10.6 Å². The first kappa shape index (κ1) is 21.5. The second kappa shape index (κ2) is 9.40. The number of benzene rings is 2. The molecule has 29 heavy (non-hydrogen) atoms. The van der Waals surface area contributed by atoms with E-state index in [0.29, 0.717) is 22.5 Å². The van der Waals surface area contributed by atoms with Crippen LogP contribution in [-0.2, 0) is 9.59 Å². The minimum Gasteiger partial charge on any atom is -0.326 e. The Balaban J connectivity index is 1.84. The van der Waals surface area contributed by atoms with E-state index in [-0.39, 0.29) is 42.5 Å². The van der Waals surface area contributed by atoms with Crippen LogP contribution in [0.5, 0.6) is 0 Å². The molecule has 0 heterocycles. The third kappa shape index (κ3) is 6.09. The molecular formula is C19H20N4O6. The third-order valence-electron chi connectivity index (χ3n) is 4.19. The van der Waals surface area contributed by atoms with Gasteiger partial charge in [-0.25, -0.2) is 0 Å². The summed E-state index contributed by atoms with van der Waals surface area (Å²) in [6.07, 6.45) is 0.339. The molecule has 0 aliphatic carbocycles. The van der Waals surface area contributed by atoms with Gasteiger partial charge in [-0.2, -0.15) is 0 Å². The smallest absolute Gasteiger partial charge is 0.274 e. The third-order valence-corrected chi connectivity index (χ3v) is 4.19. The summed E-state index contributed by atoms with van der Waals surface area (Å²) in [4.78, 5) is 44.8. The van der Waals surface area contributed by atoms with Gasteiger partial charge in [-0.1, -0.05) is 12.1 Å². The second-order valence-corrected chi connectivity index (χ2v) is 6.47. The van der Waals surface area contributed by atoms with Crippen molar-refractivity contribution in [3.05, 3.63) is 67.8 Å². The Morgan fingerprint density at radius 2 is 1.17 bits per heavy atom. The van der Waals surface area contributed by atoms with Gasteiger partial charge < -0.3 is 10.6 Å². The van der Waals surface area contributed by atoms with Crippen molar-refractivity contribution < 1.29 is 19.4 Å². The monoisotopic (exact) mass is 400 g/mol. The normalized spacial score (nSPS) is 10.3. The first-order valence-corrected chi connectivity index (χ1v) is 8.77. The fourth-order valence-corrected chi connectivity index (χ4v) is 2.62. The minimum absolute atomic E-state index is 0.0448. The van der Waals surface area contributed by atoms with E-state index in [0.717, 1.165) is 0 Å². The van der Waals surface area contributed by atoms with Crippen molar-refractivity contribution in [1.29, 1.82) is 0 Å². The summed E-state index contributed by atoms with van der Waals surface area (Å²) in [6.45, 7) is 3.20.